The molecule has 16 heavy (non-hydrogen) atoms. The molecule has 96 valence electrons. The topological polar surface area (TPSA) is 50.4 Å². The summed E-state index contributed by atoms with van der Waals surface area (Å²) < 4.78 is 5.54. The SMILES string of the molecule is CCCNC(=O)CCNCCOC(C)(C)C. The highest BCUT2D eigenvalue weighted by atomic mass is 16.5. The lowest BCUT2D eigenvalue weighted by Crippen LogP contribution is -2.31. The van der Waals surface area contributed by atoms with Crippen LogP contribution in [0.2, 0.25) is 0 Å². The maximum atomic E-state index is 11.2. The van der Waals surface area contributed by atoms with E-state index in [2.05, 4.69) is 10.6 Å². The Labute approximate surface area is 99.1 Å². The normalized spacial score (nSPS) is 11.5. The van der Waals surface area contributed by atoms with E-state index in [0.717, 1.165) is 19.5 Å². The first-order chi connectivity index (χ1) is 7.45. The molecule has 1 amide bonds. The van der Waals surface area contributed by atoms with Gasteiger partial charge in [0.15, 0.2) is 0 Å². The zero-order valence-corrected chi connectivity index (χ0v) is 11.1. The van der Waals surface area contributed by atoms with Crippen LogP contribution in [0.1, 0.15) is 40.5 Å². The average Bonchev–Trinajstić information content (AvgIpc) is 2.18. The first-order valence-corrected chi connectivity index (χ1v) is 6.07. The fourth-order valence-corrected chi connectivity index (χ4v) is 1.11. The zero-order valence-electron chi connectivity index (χ0n) is 11.1. The van der Waals surface area contributed by atoms with Crippen LogP contribution in [0.5, 0.6) is 0 Å². The van der Waals surface area contributed by atoms with Crippen molar-refractivity contribution < 1.29 is 9.53 Å². The third-order valence-electron chi connectivity index (χ3n) is 1.91. The third-order valence-corrected chi connectivity index (χ3v) is 1.91. The van der Waals surface area contributed by atoms with Gasteiger partial charge >= 0.3 is 0 Å². The van der Waals surface area contributed by atoms with Gasteiger partial charge in [-0.1, -0.05) is 6.92 Å². The summed E-state index contributed by atoms with van der Waals surface area (Å²) in [6.45, 7) is 11.1. The van der Waals surface area contributed by atoms with Gasteiger partial charge in [0.05, 0.1) is 12.2 Å². The van der Waals surface area contributed by atoms with Gasteiger partial charge < -0.3 is 15.4 Å². The van der Waals surface area contributed by atoms with Crippen LogP contribution in [0.15, 0.2) is 0 Å². The van der Waals surface area contributed by atoms with Crippen molar-refractivity contribution in [1.82, 2.24) is 10.6 Å². The molecule has 0 saturated heterocycles. The van der Waals surface area contributed by atoms with Gasteiger partial charge in [0.25, 0.3) is 0 Å². The monoisotopic (exact) mass is 230 g/mol. The van der Waals surface area contributed by atoms with Crippen molar-refractivity contribution in [2.75, 3.05) is 26.2 Å². The van der Waals surface area contributed by atoms with E-state index >= 15 is 0 Å². The summed E-state index contributed by atoms with van der Waals surface area (Å²) in [6.07, 6.45) is 1.52. The molecule has 4 nitrogen and oxygen atoms in total. The average molecular weight is 230 g/mol. The summed E-state index contributed by atoms with van der Waals surface area (Å²) >= 11 is 0. The second-order valence-corrected chi connectivity index (χ2v) is 4.81. The van der Waals surface area contributed by atoms with Crippen LogP contribution in [-0.2, 0) is 9.53 Å². The number of nitrogens with one attached hydrogen (secondary N) is 2. The molecule has 0 rings (SSSR count). The van der Waals surface area contributed by atoms with E-state index in [-0.39, 0.29) is 11.5 Å². The molecule has 0 fully saturated rings. The van der Waals surface area contributed by atoms with Crippen LogP contribution in [-0.4, -0.2) is 37.7 Å². The molecule has 0 aromatic rings. The Balaban J connectivity index is 3.24. The summed E-state index contributed by atoms with van der Waals surface area (Å²) in [5.41, 5.74) is -0.0832. The molecule has 0 saturated carbocycles. The molecular weight excluding hydrogens is 204 g/mol. The zero-order chi connectivity index (χ0) is 12.4. The van der Waals surface area contributed by atoms with Crippen LogP contribution >= 0.6 is 0 Å². The van der Waals surface area contributed by atoms with Crippen LogP contribution < -0.4 is 10.6 Å². The number of hydrogen-bond acceptors (Lipinski definition) is 3. The Morgan fingerprint density at radius 1 is 1.19 bits per heavy atom. The minimum atomic E-state index is -0.0832. The Morgan fingerprint density at radius 2 is 1.88 bits per heavy atom. The van der Waals surface area contributed by atoms with Crippen LogP contribution in [0.25, 0.3) is 0 Å². The van der Waals surface area contributed by atoms with Crippen LogP contribution in [0.4, 0.5) is 0 Å². The minimum Gasteiger partial charge on any atom is -0.375 e. The molecule has 0 aliphatic rings. The van der Waals surface area contributed by atoms with E-state index in [9.17, 15) is 4.79 Å². The van der Waals surface area contributed by atoms with E-state index in [1.54, 1.807) is 0 Å². The molecule has 0 aliphatic carbocycles. The van der Waals surface area contributed by atoms with Gasteiger partial charge in [-0.15, -0.1) is 0 Å². The van der Waals surface area contributed by atoms with Crippen LogP contribution in [0, 0.1) is 0 Å². The van der Waals surface area contributed by atoms with Crippen molar-refractivity contribution in [2.45, 2.75) is 46.1 Å². The minimum absolute atomic E-state index is 0.0832. The highest BCUT2D eigenvalue weighted by Gasteiger charge is 2.08. The molecular formula is C12H26N2O2. The molecule has 2 N–H and O–H groups in total. The third kappa shape index (κ3) is 11.5. The van der Waals surface area contributed by atoms with Crippen molar-refractivity contribution >= 4 is 5.91 Å². The number of amides is 1. The Bertz CT molecular complexity index is 188. The fourth-order valence-electron chi connectivity index (χ4n) is 1.11. The van der Waals surface area contributed by atoms with Gasteiger partial charge in [0.2, 0.25) is 5.91 Å². The summed E-state index contributed by atoms with van der Waals surface area (Å²) in [4.78, 5) is 11.2. The van der Waals surface area contributed by atoms with E-state index in [4.69, 9.17) is 4.74 Å². The van der Waals surface area contributed by atoms with Gasteiger partial charge in [-0.2, -0.15) is 0 Å². The first kappa shape index (κ1) is 15.4. The molecule has 4 heteroatoms. The first-order valence-electron chi connectivity index (χ1n) is 6.07. The summed E-state index contributed by atoms with van der Waals surface area (Å²) in [5, 5.41) is 6.02. The van der Waals surface area contributed by atoms with Crippen molar-refractivity contribution in [3.8, 4) is 0 Å². The molecule has 0 unspecified atom stereocenters. The molecule has 0 heterocycles. The van der Waals surface area contributed by atoms with E-state index in [0.29, 0.717) is 19.6 Å². The fraction of sp³-hybridized carbons (Fsp3) is 0.917. The lowest BCUT2D eigenvalue weighted by Gasteiger charge is -2.19. The van der Waals surface area contributed by atoms with Gasteiger partial charge in [-0.25, -0.2) is 0 Å². The number of rotatable bonds is 8. The molecule has 0 radical (unpaired) electrons. The van der Waals surface area contributed by atoms with Gasteiger partial charge in [0, 0.05) is 26.1 Å². The molecule has 0 spiro atoms. The second kappa shape index (κ2) is 8.53. The van der Waals surface area contributed by atoms with Crippen molar-refractivity contribution in [1.29, 1.82) is 0 Å². The quantitative estimate of drug-likeness (QED) is 0.618. The summed E-state index contributed by atoms with van der Waals surface area (Å²) in [5.74, 6) is 0.117. The predicted molar refractivity (Wildman–Crippen MR) is 66.5 cm³/mol. The summed E-state index contributed by atoms with van der Waals surface area (Å²) in [7, 11) is 0. The molecule has 0 aliphatic heterocycles. The van der Waals surface area contributed by atoms with Crippen molar-refractivity contribution in [2.24, 2.45) is 0 Å². The number of hydrogen-bond donors (Lipinski definition) is 2. The van der Waals surface area contributed by atoms with Gasteiger partial charge in [-0.05, 0) is 27.2 Å². The largest absolute Gasteiger partial charge is 0.375 e. The number of carbonyl (C=O) groups is 1. The highest BCUT2D eigenvalue weighted by molar-refractivity contribution is 5.75. The van der Waals surface area contributed by atoms with Crippen LogP contribution in [0.3, 0.4) is 0 Å². The maximum Gasteiger partial charge on any atom is 0.221 e. The lowest BCUT2D eigenvalue weighted by atomic mass is 10.2. The van der Waals surface area contributed by atoms with E-state index in [1.807, 2.05) is 27.7 Å². The van der Waals surface area contributed by atoms with Gasteiger partial charge in [0.1, 0.15) is 0 Å². The predicted octanol–water partition coefficient (Wildman–Crippen LogP) is 1.31. The molecule has 0 aromatic carbocycles. The smallest absolute Gasteiger partial charge is 0.221 e. The lowest BCUT2D eigenvalue weighted by molar-refractivity contribution is -0.121. The number of ether oxygens (including phenoxy) is 1. The standard InChI is InChI=1S/C12H26N2O2/c1-5-7-14-11(15)6-8-13-9-10-16-12(2,3)4/h13H,5-10H2,1-4H3,(H,14,15). The Morgan fingerprint density at radius 3 is 2.44 bits per heavy atom. The highest BCUT2D eigenvalue weighted by Crippen LogP contribution is 2.04. The van der Waals surface area contributed by atoms with E-state index in [1.165, 1.54) is 0 Å². The Kier molecular flexibility index (Phi) is 8.21. The van der Waals surface area contributed by atoms with Crippen molar-refractivity contribution in [3.63, 3.8) is 0 Å². The maximum absolute atomic E-state index is 11.2. The second-order valence-electron chi connectivity index (χ2n) is 4.81. The molecule has 0 aromatic heterocycles. The van der Waals surface area contributed by atoms with Gasteiger partial charge in [-0.3, -0.25) is 4.79 Å². The van der Waals surface area contributed by atoms with Crippen molar-refractivity contribution in [3.05, 3.63) is 0 Å². The summed E-state index contributed by atoms with van der Waals surface area (Å²) in [6, 6.07) is 0. The Hall–Kier alpha value is -0.610. The number of carbonyl (C=O) groups excluding carboxylic acids is 1. The molecule has 0 bridgehead atoms. The van der Waals surface area contributed by atoms with E-state index < -0.39 is 0 Å². The molecule has 0 atom stereocenters.